The maximum absolute atomic E-state index is 12.9. The summed E-state index contributed by atoms with van der Waals surface area (Å²) in [7, 11) is 0. The molecule has 4 aromatic rings. The summed E-state index contributed by atoms with van der Waals surface area (Å²) < 4.78 is 1.90. The van der Waals surface area contributed by atoms with Gasteiger partial charge < -0.3 is 14.8 Å². The molecule has 1 aliphatic rings. The Morgan fingerprint density at radius 3 is 2.61 bits per heavy atom. The standard InChI is InChI=1S/C27H24ClN3O2/c28-23-11-10-20-12-13-30(25(20)14-23)18-26(32)29-15-22(19-6-2-1-3-7-19)17-31-16-21-8-4-5-9-24(21)27(31)33/h1-14,22H,15-18H2,(H,29,32). The van der Waals surface area contributed by atoms with Gasteiger partial charge in [-0.05, 0) is 40.8 Å². The molecule has 6 heteroatoms. The van der Waals surface area contributed by atoms with Crippen LogP contribution in [0.2, 0.25) is 5.02 Å². The topological polar surface area (TPSA) is 54.3 Å². The largest absolute Gasteiger partial charge is 0.354 e. The van der Waals surface area contributed by atoms with Crippen LogP contribution in [0, 0.1) is 0 Å². The third kappa shape index (κ3) is 4.50. The normalized spacial score (nSPS) is 13.8. The Balaban J connectivity index is 1.28. The molecule has 2 amide bonds. The zero-order valence-electron chi connectivity index (χ0n) is 18.1. The number of carbonyl (C=O) groups is 2. The third-order valence-corrected chi connectivity index (χ3v) is 6.44. The average Bonchev–Trinajstić information content (AvgIpc) is 3.37. The van der Waals surface area contributed by atoms with Crippen molar-refractivity contribution in [2.45, 2.75) is 19.0 Å². The summed E-state index contributed by atoms with van der Waals surface area (Å²) >= 11 is 6.13. The molecule has 0 spiro atoms. The number of halogens is 1. The maximum Gasteiger partial charge on any atom is 0.254 e. The second-order valence-electron chi connectivity index (χ2n) is 8.40. The van der Waals surface area contributed by atoms with Gasteiger partial charge in [-0.1, -0.05) is 66.2 Å². The summed E-state index contributed by atoms with van der Waals surface area (Å²) in [5, 5.41) is 4.76. The van der Waals surface area contributed by atoms with Crippen molar-refractivity contribution < 1.29 is 9.59 Å². The van der Waals surface area contributed by atoms with Crippen LogP contribution in [0.25, 0.3) is 10.9 Å². The van der Waals surface area contributed by atoms with Gasteiger partial charge in [0.15, 0.2) is 0 Å². The Morgan fingerprint density at radius 2 is 1.79 bits per heavy atom. The molecule has 1 N–H and O–H groups in total. The molecule has 0 saturated heterocycles. The first-order valence-electron chi connectivity index (χ1n) is 11.0. The number of fused-ring (bicyclic) bond motifs is 2. The molecule has 0 aliphatic carbocycles. The number of carbonyl (C=O) groups excluding carboxylic acids is 2. The lowest BCUT2D eigenvalue weighted by atomic mass is 9.98. The molecule has 0 bridgehead atoms. The molecule has 1 unspecified atom stereocenters. The fourth-order valence-electron chi connectivity index (χ4n) is 4.48. The van der Waals surface area contributed by atoms with Gasteiger partial charge >= 0.3 is 0 Å². The van der Waals surface area contributed by atoms with E-state index in [2.05, 4.69) is 5.32 Å². The molecule has 1 aliphatic heterocycles. The maximum atomic E-state index is 12.9. The van der Waals surface area contributed by atoms with Gasteiger partial charge in [0.2, 0.25) is 5.91 Å². The molecule has 5 nitrogen and oxygen atoms in total. The number of amides is 2. The number of nitrogens with zero attached hydrogens (tertiary/aromatic N) is 2. The van der Waals surface area contributed by atoms with Gasteiger partial charge in [0.05, 0.1) is 0 Å². The summed E-state index contributed by atoms with van der Waals surface area (Å²) in [6, 6.07) is 25.4. The van der Waals surface area contributed by atoms with Crippen LogP contribution in [0.3, 0.4) is 0 Å². The molecule has 166 valence electrons. The van der Waals surface area contributed by atoms with E-state index in [9.17, 15) is 9.59 Å². The van der Waals surface area contributed by atoms with E-state index in [4.69, 9.17) is 11.6 Å². The van der Waals surface area contributed by atoms with Crippen LogP contribution in [0.1, 0.15) is 27.4 Å². The zero-order chi connectivity index (χ0) is 22.8. The summed E-state index contributed by atoms with van der Waals surface area (Å²) in [6.45, 7) is 1.80. The lowest BCUT2D eigenvalue weighted by Gasteiger charge is -2.24. The monoisotopic (exact) mass is 457 g/mol. The van der Waals surface area contributed by atoms with Gasteiger partial charge in [0.25, 0.3) is 5.91 Å². The smallest absolute Gasteiger partial charge is 0.254 e. The van der Waals surface area contributed by atoms with Gasteiger partial charge in [-0.2, -0.15) is 0 Å². The number of hydrogen-bond donors (Lipinski definition) is 1. The summed E-state index contributed by atoms with van der Waals surface area (Å²) in [6.07, 6.45) is 1.90. The van der Waals surface area contributed by atoms with Crippen LogP contribution in [0.15, 0.2) is 85.1 Å². The van der Waals surface area contributed by atoms with E-state index in [1.165, 1.54) is 0 Å². The van der Waals surface area contributed by atoms with Crippen LogP contribution in [0.5, 0.6) is 0 Å². The molecule has 0 radical (unpaired) electrons. The van der Waals surface area contributed by atoms with Gasteiger partial charge in [-0.3, -0.25) is 9.59 Å². The molecule has 0 fully saturated rings. The highest BCUT2D eigenvalue weighted by Crippen LogP contribution is 2.26. The van der Waals surface area contributed by atoms with Crippen molar-refractivity contribution in [1.82, 2.24) is 14.8 Å². The predicted octanol–water partition coefficient (Wildman–Crippen LogP) is 4.85. The van der Waals surface area contributed by atoms with E-state index in [1.807, 2.05) is 94.5 Å². The molecule has 5 rings (SSSR count). The van der Waals surface area contributed by atoms with Gasteiger partial charge in [0, 0.05) is 47.9 Å². The number of benzene rings is 3. The molecule has 2 heterocycles. The van der Waals surface area contributed by atoms with Gasteiger partial charge in [-0.15, -0.1) is 0 Å². The van der Waals surface area contributed by atoms with Crippen molar-refractivity contribution in [1.29, 1.82) is 0 Å². The second-order valence-corrected chi connectivity index (χ2v) is 8.84. The van der Waals surface area contributed by atoms with Crippen LogP contribution < -0.4 is 5.32 Å². The molecule has 33 heavy (non-hydrogen) atoms. The highest BCUT2D eigenvalue weighted by atomic mass is 35.5. The molecule has 0 saturated carbocycles. The average molecular weight is 458 g/mol. The molecule has 3 aromatic carbocycles. The van der Waals surface area contributed by atoms with Crippen molar-refractivity contribution in [2.24, 2.45) is 0 Å². The lowest BCUT2D eigenvalue weighted by Crippen LogP contribution is -2.37. The molecule has 1 atom stereocenters. The van der Waals surface area contributed by atoms with E-state index in [-0.39, 0.29) is 24.3 Å². The Labute approximate surface area is 197 Å². The van der Waals surface area contributed by atoms with Crippen LogP contribution in [0.4, 0.5) is 0 Å². The predicted molar refractivity (Wildman–Crippen MR) is 130 cm³/mol. The van der Waals surface area contributed by atoms with E-state index < -0.39 is 0 Å². The van der Waals surface area contributed by atoms with E-state index in [0.29, 0.717) is 24.7 Å². The number of hydrogen-bond acceptors (Lipinski definition) is 2. The Hall–Kier alpha value is -3.57. The van der Waals surface area contributed by atoms with E-state index >= 15 is 0 Å². The number of rotatable bonds is 7. The van der Waals surface area contributed by atoms with Crippen molar-refractivity contribution >= 4 is 34.3 Å². The van der Waals surface area contributed by atoms with Crippen LogP contribution in [-0.4, -0.2) is 34.4 Å². The van der Waals surface area contributed by atoms with Gasteiger partial charge in [-0.25, -0.2) is 0 Å². The second kappa shape index (κ2) is 9.12. The van der Waals surface area contributed by atoms with Crippen molar-refractivity contribution in [2.75, 3.05) is 13.1 Å². The first-order chi connectivity index (χ1) is 16.1. The van der Waals surface area contributed by atoms with Crippen molar-refractivity contribution in [3.63, 3.8) is 0 Å². The van der Waals surface area contributed by atoms with E-state index in [1.54, 1.807) is 0 Å². The fourth-order valence-corrected chi connectivity index (χ4v) is 4.65. The Kier molecular flexibility index (Phi) is 5.88. The van der Waals surface area contributed by atoms with Gasteiger partial charge in [0.1, 0.15) is 6.54 Å². The van der Waals surface area contributed by atoms with Crippen LogP contribution in [-0.2, 0) is 17.9 Å². The van der Waals surface area contributed by atoms with Crippen LogP contribution >= 0.6 is 11.6 Å². The van der Waals surface area contributed by atoms with Crippen molar-refractivity contribution in [3.8, 4) is 0 Å². The third-order valence-electron chi connectivity index (χ3n) is 6.20. The Morgan fingerprint density at radius 1 is 1.00 bits per heavy atom. The number of aromatic nitrogens is 1. The number of nitrogens with one attached hydrogen (secondary N) is 1. The minimum atomic E-state index is -0.0792. The minimum Gasteiger partial charge on any atom is -0.354 e. The molecular weight excluding hydrogens is 434 g/mol. The zero-order valence-corrected chi connectivity index (χ0v) is 18.8. The summed E-state index contributed by atoms with van der Waals surface area (Å²) in [5.41, 5.74) is 3.85. The lowest BCUT2D eigenvalue weighted by molar-refractivity contribution is -0.121. The highest BCUT2D eigenvalue weighted by Gasteiger charge is 2.29. The first kappa shape index (κ1) is 21.3. The fraction of sp³-hybridized carbons (Fsp3) is 0.185. The minimum absolute atomic E-state index is 0.00994. The first-order valence-corrected chi connectivity index (χ1v) is 11.4. The molecular formula is C27H24ClN3O2. The molecule has 1 aromatic heterocycles. The SMILES string of the molecule is O=C(Cn1ccc2ccc(Cl)cc21)NCC(CN1Cc2ccccc2C1=O)c1ccccc1. The van der Waals surface area contributed by atoms with Crippen molar-refractivity contribution in [3.05, 3.63) is 107 Å². The highest BCUT2D eigenvalue weighted by molar-refractivity contribution is 6.31. The Bertz CT molecular complexity index is 1320. The van der Waals surface area contributed by atoms with E-state index in [0.717, 1.165) is 27.6 Å². The summed E-state index contributed by atoms with van der Waals surface area (Å²) in [4.78, 5) is 27.6. The summed E-state index contributed by atoms with van der Waals surface area (Å²) in [5.74, 6) is -0.0396. The quantitative estimate of drug-likeness (QED) is 0.431.